The highest BCUT2D eigenvalue weighted by molar-refractivity contribution is 8.15. The molecule has 2 aromatic carbocycles. The van der Waals surface area contributed by atoms with Gasteiger partial charge in [-0.2, -0.15) is 0 Å². The fourth-order valence-corrected chi connectivity index (χ4v) is 3.90. The van der Waals surface area contributed by atoms with Gasteiger partial charge >= 0.3 is 0 Å². The van der Waals surface area contributed by atoms with Gasteiger partial charge in [0.05, 0.1) is 0 Å². The van der Waals surface area contributed by atoms with Crippen LogP contribution in [0.15, 0.2) is 54.6 Å². The molecule has 3 rings (SSSR count). The molecule has 0 radical (unpaired) electrons. The van der Waals surface area contributed by atoms with Gasteiger partial charge in [-0.05, 0) is 35.7 Å². The summed E-state index contributed by atoms with van der Waals surface area (Å²) in [5, 5.41) is 1.91. The summed E-state index contributed by atoms with van der Waals surface area (Å²) < 4.78 is 5.74. The standard InChI is InChI=1S/C22H24N2O4S/c1-15(2)14-24-21(26)19(29-22(24)27)12-20(25)23-13-16-8-10-18(11-9-16)28-17-6-4-3-5-7-17/h3-11,15,19H,12-14H2,1-2H3,(H,23,25). The van der Waals surface area contributed by atoms with Gasteiger partial charge in [0.2, 0.25) is 11.8 Å². The highest BCUT2D eigenvalue weighted by Gasteiger charge is 2.40. The van der Waals surface area contributed by atoms with Gasteiger partial charge in [0.15, 0.2) is 0 Å². The van der Waals surface area contributed by atoms with E-state index in [9.17, 15) is 14.4 Å². The van der Waals surface area contributed by atoms with Crippen molar-refractivity contribution < 1.29 is 19.1 Å². The summed E-state index contributed by atoms with van der Waals surface area (Å²) in [7, 11) is 0. The Morgan fingerprint density at radius 1 is 1.07 bits per heavy atom. The Balaban J connectivity index is 1.47. The predicted molar refractivity (Wildman–Crippen MR) is 113 cm³/mol. The smallest absolute Gasteiger partial charge is 0.289 e. The van der Waals surface area contributed by atoms with Crippen molar-refractivity contribution in [2.45, 2.75) is 32.1 Å². The average Bonchev–Trinajstić information content (AvgIpc) is 2.95. The normalized spacial score (nSPS) is 16.4. The van der Waals surface area contributed by atoms with Crippen LogP contribution >= 0.6 is 11.8 Å². The molecular formula is C22H24N2O4S. The van der Waals surface area contributed by atoms with E-state index in [1.165, 1.54) is 4.90 Å². The van der Waals surface area contributed by atoms with Crippen LogP contribution in [0.4, 0.5) is 4.79 Å². The highest BCUT2D eigenvalue weighted by atomic mass is 32.2. The Morgan fingerprint density at radius 2 is 1.72 bits per heavy atom. The number of para-hydroxylation sites is 1. The van der Waals surface area contributed by atoms with Crippen molar-refractivity contribution in [2.24, 2.45) is 5.92 Å². The molecule has 1 saturated heterocycles. The summed E-state index contributed by atoms with van der Waals surface area (Å²) in [5.74, 6) is 1.15. The van der Waals surface area contributed by atoms with Gasteiger partial charge in [0.1, 0.15) is 16.7 Å². The van der Waals surface area contributed by atoms with E-state index < -0.39 is 5.25 Å². The first-order chi connectivity index (χ1) is 13.9. The SMILES string of the molecule is CC(C)CN1C(=O)SC(CC(=O)NCc2ccc(Oc3ccccc3)cc2)C1=O. The van der Waals surface area contributed by atoms with Crippen LogP contribution < -0.4 is 10.1 Å². The molecule has 29 heavy (non-hydrogen) atoms. The zero-order chi connectivity index (χ0) is 20.8. The number of amides is 3. The Kier molecular flexibility index (Phi) is 6.93. The van der Waals surface area contributed by atoms with E-state index in [-0.39, 0.29) is 29.4 Å². The molecule has 2 aromatic rings. The average molecular weight is 413 g/mol. The van der Waals surface area contributed by atoms with E-state index in [1.54, 1.807) is 0 Å². The molecule has 0 aromatic heterocycles. The van der Waals surface area contributed by atoms with E-state index in [1.807, 2.05) is 68.4 Å². The Bertz CT molecular complexity index is 868. The van der Waals surface area contributed by atoms with Crippen LogP contribution in [0.5, 0.6) is 11.5 Å². The van der Waals surface area contributed by atoms with Crippen LogP contribution in [0.2, 0.25) is 0 Å². The number of benzene rings is 2. The molecule has 152 valence electrons. The molecule has 7 heteroatoms. The summed E-state index contributed by atoms with van der Waals surface area (Å²) in [6.07, 6.45) is -0.000955. The summed E-state index contributed by atoms with van der Waals surface area (Å²) in [6, 6.07) is 16.9. The van der Waals surface area contributed by atoms with E-state index in [2.05, 4.69) is 5.32 Å². The van der Waals surface area contributed by atoms with Crippen molar-refractivity contribution in [3.05, 3.63) is 60.2 Å². The molecule has 6 nitrogen and oxygen atoms in total. The summed E-state index contributed by atoms with van der Waals surface area (Å²) >= 11 is 0.937. The molecule has 0 spiro atoms. The number of carbonyl (C=O) groups is 3. The molecule has 1 atom stereocenters. The number of hydrogen-bond acceptors (Lipinski definition) is 5. The van der Waals surface area contributed by atoms with Crippen molar-refractivity contribution in [1.29, 1.82) is 0 Å². The lowest BCUT2D eigenvalue weighted by molar-refractivity contribution is -0.130. The van der Waals surface area contributed by atoms with Crippen molar-refractivity contribution in [3.8, 4) is 11.5 Å². The topological polar surface area (TPSA) is 75.7 Å². The first-order valence-electron chi connectivity index (χ1n) is 9.53. The second-order valence-corrected chi connectivity index (χ2v) is 8.41. The number of ether oxygens (including phenoxy) is 1. The first kappa shape index (κ1) is 20.9. The number of hydrogen-bond donors (Lipinski definition) is 1. The molecule has 1 unspecified atom stereocenters. The second-order valence-electron chi connectivity index (χ2n) is 7.26. The van der Waals surface area contributed by atoms with E-state index >= 15 is 0 Å². The van der Waals surface area contributed by atoms with Crippen LogP contribution in [0.3, 0.4) is 0 Å². The van der Waals surface area contributed by atoms with Gasteiger partial charge < -0.3 is 10.1 Å². The highest BCUT2D eigenvalue weighted by Crippen LogP contribution is 2.29. The maximum Gasteiger partial charge on any atom is 0.289 e. The lowest BCUT2D eigenvalue weighted by Crippen LogP contribution is -2.36. The van der Waals surface area contributed by atoms with E-state index in [4.69, 9.17) is 4.74 Å². The number of imide groups is 1. The van der Waals surface area contributed by atoms with Gasteiger partial charge in [-0.1, -0.05) is 55.9 Å². The number of rotatable bonds is 8. The van der Waals surface area contributed by atoms with Gasteiger partial charge in [0.25, 0.3) is 5.24 Å². The molecule has 1 aliphatic heterocycles. The summed E-state index contributed by atoms with van der Waals surface area (Å²) in [6.45, 7) is 4.63. The van der Waals surface area contributed by atoms with Crippen LogP contribution in [0.25, 0.3) is 0 Å². The Hall–Kier alpha value is -2.80. The summed E-state index contributed by atoms with van der Waals surface area (Å²) in [4.78, 5) is 37.8. The lowest BCUT2D eigenvalue weighted by Gasteiger charge is -2.15. The second kappa shape index (κ2) is 9.60. The van der Waals surface area contributed by atoms with Crippen molar-refractivity contribution >= 4 is 28.8 Å². The van der Waals surface area contributed by atoms with Crippen LogP contribution in [0.1, 0.15) is 25.8 Å². The molecule has 1 aliphatic rings. The third-order valence-corrected chi connectivity index (χ3v) is 5.39. The molecule has 0 saturated carbocycles. The minimum Gasteiger partial charge on any atom is -0.457 e. The lowest BCUT2D eigenvalue weighted by atomic mass is 10.2. The Labute approximate surface area is 174 Å². The number of thioether (sulfide) groups is 1. The number of nitrogens with zero attached hydrogens (tertiary/aromatic N) is 1. The van der Waals surface area contributed by atoms with E-state index in [0.29, 0.717) is 18.8 Å². The minimum atomic E-state index is -0.636. The van der Waals surface area contributed by atoms with Gasteiger partial charge in [-0.3, -0.25) is 19.3 Å². The molecule has 0 aliphatic carbocycles. The maximum absolute atomic E-state index is 12.3. The molecule has 1 fully saturated rings. The fraction of sp³-hybridized carbons (Fsp3) is 0.318. The molecule has 0 bridgehead atoms. The predicted octanol–water partition coefficient (Wildman–Crippen LogP) is 4.21. The Morgan fingerprint density at radius 3 is 2.38 bits per heavy atom. The maximum atomic E-state index is 12.3. The molecular weight excluding hydrogens is 388 g/mol. The monoisotopic (exact) mass is 412 g/mol. The fourth-order valence-electron chi connectivity index (χ4n) is 2.90. The van der Waals surface area contributed by atoms with Crippen molar-refractivity contribution in [2.75, 3.05) is 6.54 Å². The van der Waals surface area contributed by atoms with E-state index in [0.717, 1.165) is 23.1 Å². The first-order valence-corrected chi connectivity index (χ1v) is 10.4. The quantitative estimate of drug-likeness (QED) is 0.703. The third kappa shape index (κ3) is 5.84. The van der Waals surface area contributed by atoms with Crippen molar-refractivity contribution in [3.63, 3.8) is 0 Å². The number of carbonyl (C=O) groups excluding carboxylic acids is 3. The zero-order valence-electron chi connectivity index (χ0n) is 16.5. The van der Waals surface area contributed by atoms with Crippen LogP contribution in [-0.4, -0.2) is 33.7 Å². The third-order valence-electron chi connectivity index (χ3n) is 4.32. The van der Waals surface area contributed by atoms with Crippen LogP contribution in [-0.2, 0) is 16.1 Å². The number of nitrogens with one attached hydrogen (secondary N) is 1. The summed E-state index contributed by atoms with van der Waals surface area (Å²) in [5.41, 5.74) is 0.918. The largest absolute Gasteiger partial charge is 0.457 e. The minimum absolute atomic E-state index is 0.000955. The molecule has 3 amide bonds. The molecule has 1 N–H and O–H groups in total. The van der Waals surface area contributed by atoms with Gasteiger partial charge in [-0.25, -0.2) is 0 Å². The van der Waals surface area contributed by atoms with Crippen LogP contribution in [0, 0.1) is 5.92 Å². The molecule has 1 heterocycles. The van der Waals surface area contributed by atoms with Gasteiger partial charge in [-0.15, -0.1) is 0 Å². The van der Waals surface area contributed by atoms with Crippen molar-refractivity contribution in [1.82, 2.24) is 10.2 Å². The van der Waals surface area contributed by atoms with Gasteiger partial charge in [0, 0.05) is 19.5 Å². The zero-order valence-corrected chi connectivity index (χ0v) is 17.3.